The second kappa shape index (κ2) is 8.05. The number of nitrogens with zero attached hydrogens (tertiary/aromatic N) is 2. The number of nitro benzene ring substituents is 1. The molecule has 2 aromatic rings. The van der Waals surface area contributed by atoms with Crippen LogP contribution in [0.15, 0.2) is 40.9 Å². The molecule has 0 amide bonds. The molecule has 3 rings (SSSR count). The van der Waals surface area contributed by atoms with Crippen molar-refractivity contribution >= 4 is 27.3 Å². The lowest BCUT2D eigenvalue weighted by Gasteiger charge is -2.33. The lowest BCUT2D eigenvalue weighted by molar-refractivity contribution is -0.914. The lowest BCUT2D eigenvalue weighted by Crippen LogP contribution is -3.13. The molecule has 1 heterocycles. The third-order valence-electron chi connectivity index (χ3n) is 4.82. The maximum Gasteiger partial charge on any atom is 0.293 e. The summed E-state index contributed by atoms with van der Waals surface area (Å²) in [5, 5.41) is 11.4. The van der Waals surface area contributed by atoms with Gasteiger partial charge in [-0.1, -0.05) is 27.6 Å². The zero-order valence-electron chi connectivity index (χ0n) is 15.0. The van der Waals surface area contributed by atoms with E-state index in [1.165, 1.54) is 16.0 Å². The largest absolute Gasteiger partial charge is 0.496 e. The van der Waals surface area contributed by atoms with Gasteiger partial charge in [-0.2, -0.15) is 0 Å². The van der Waals surface area contributed by atoms with Gasteiger partial charge in [0.2, 0.25) is 0 Å². The first-order valence-corrected chi connectivity index (χ1v) is 9.43. The van der Waals surface area contributed by atoms with E-state index in [9.17, 15) is 10.1 Å². The molecule has 6 nitrogen and oxygen atoms in total. The second-order valence-electron chi connectivity index (χ2n) is 6.62. The molecule has 1 saturated heterocycles. The Balaban J connectivity index is 1.69. The molecule has 0 aromatic heterocycles. The predicted octanol–water partition coefficient (Wildman–Crippen LogP) is 2.58. The molecule has 0 bridgehead atoms. The van der Waals surface area contributed by atoms with Crippen LogP contribution in [0.2, 0.25) is 0 Å². The molecule has 0 atom stereocenters. The number of hydrogen-bond donors (Lipinski definition) is 1. The number of quaternary nitrogens is 1. The Hall–Kier alpha value is -2.12. The zero-order chi connectivity index (χ0) is 18.7. The molecule has 0 aliphatic carbocycles. The maximum atomic E-state index is 11.4. The summed E-state index contributed by atoms with van der Waals surface area (Å²) in [6.45, 7) is 6.45. The average Bonchev–Trinajstić information content (AvgIpc) is 2.62. The van der Waals surface area contributed by atoms with Crippen LogP contribution in [0.1, 0.15) is 11.1 Å². The number of halogens is 1. The van der Waals surface area contributed by atoms with Crippen molar-refractivity contribution in [3.63, 3.8) is 0 Å². The van der Waals surface area contributed by atoms with Crippen molar-refractivity contribution in [2.75, 3.05) is 38.2 Å². The smallest absolute Gasteiger partial charge is 0.293 e. The number of methoxy groups -OCH3 is 1. The molecule has 0 saturated carbocycles. The Labute approximate surface area is 161 Å². The SMILES string of the molecule is COc1ccc(C)cc1C[NH+]1CCN(c2ccc(Br)cc2[N+](=O)[O-])CC1. The number of benzene rings is 2. The highest BCUT2D eigenvalue weighted by Crippen LogP contribution is 2.31. The van der Waals surface area contributed by atoms with E-state index in [4.69, 9.17) is 4.74 Å². The Kier molecular flexibility index (Phi) is 5.78. The standard InChI is InChI=1S/C19H22BrN3O3/c1-14-3-6-19(26-2)15(11-14)13-21-7-9-22(10-8-21)17-5-4-16(20)12-18(17)23(24)25/h3-6,11-12H,7-10,13H2,1-2H3/p+1. The molecule has 1 aliphatic rings. The first kappa shape index (κ1) is 18.7. The number of ether oxygens (including phenoxy) is 1. The van der Waals surface area contributed by atoms with Gasteiger partial charge >= 0.3 is 0 Å². The Morgan fingerprint density at radius 2 is 1.96 bits per heavy atom. The Bertz CT molecular complexity index is 805. The van der Waals surface area contributed by atoms with E-state index in [2.05, 4.69) is 39.9 Å². The molecule has 0 spiro atoms. The van der Waals surface area contributed by atoms with Gasteiger partial charge in [0.25, 0.3) is 5.69 Å². The number of piperazine rings is 1. The van der Waals surface area contributed by atoms with Crippen LogP contribution < -0.4 is 14.5 Å². The molecule has 1 fully saturated rings. The summed E-state index contributed by atoms with van der Waals surface area (Å²) in [5.41, 5.74) is 3.29. The van der Waals surface area contributed by atoms with Gasteiger partial charge in [-0.05, 0) is 31.2 Å². The lowest BCUT2D eigenvalue weighted by atomic mass is 10.1. The van der Waals surface area contributed by atoms with Crippen molar-refractivity contribution in [1.29, 1.82) is 0 Å². The van der Waals surface area contributed by atoms with Crippen molar-refractivity contribution in [3.05, 3.63) is 62.1 Å². The molecule has 2 aromatic carbocycles. The molecule has 7 heteroatoms. The van der Waals surface area contributed by atoms with Crippen LogP contribution in [0.3, 0.4) is 0 Å². The Morgan fingerprint density at radius 1 is 1.23 bits per heavy atom. The van der Waals surface area contributed by atoms with Crippen LogP contribution in [0.25, 0.3) is 0 Å². The molecular weight excluding hydrogens is 398 g/mol. The number of nitro groups is 1. The number of nitrogens with one attached hydrogen (secondary N) is 1. The minimum absolute atomic E-state index is 0.156. The van der Waals surface area contributed by atoms with Gasteiger partial charge in [0.1, 0.15) is 18.0 Å². The summed E-state index contributed by atoms with van der Waals surface area (Å²) < 4.78 is 6.21. The molecule has 0 radical (unpaired) electrons. The van der Waals surface area contributed by atoms with E-state index in [0.717, 1.165) is 42.9 Å². The van der Waals surface area contributed by atoms with Crippen molar-refractivity contribution in [1.82, 2.24) is 0 Å². The van der Waals surface area contributed by atoms with Crippen LogP contribution in [0.4, 0.5) is 11.4 Å². The molecule has 138 valence electrons. The molecule has 1 N–H and O–H groups in total. The van der Waals surface area contributed by atoms with E-state index >= 15 is 0 Å². The highest BCUT2D eigenvalue weighted by atomic mass is 79.9. The van der Waals surface area contributed by atoms with Gasteiger partial charge in [-0.3, -0.25) is 10.1 Å². The van der Waals surface area contributed by atoms with Crippen molar-refractivity contribution in [2.45, 2.75) is 13.5 Å². The zero-order valence-corrected chi connectivity index (χ0v) is 16.6. The van der Waals surface area contributed by atoms with Crippen LogP contribution in [-0.4, -0.2) is 38.2 Å². The number of hydrogen-bond acceptors (Lipinski definition) is 4. The van der Waals surface area contributed by atoms with E-state index in [0.29, 0.717) is 5.69 Å². The summed E-state index contributed by atoms with van der Waals surface area (Å²) in [5.74, 6) is 0.925. The van der Waals surface area contributed by atoms with E-state index in [-0.39, 0.29) is 10.6 Å². The van der Waals surface area contributed by atoms with Gasteiger partial charge in [-0.25, -0.2) is 0 Å². The first-order chi connectivity index (χ1) is 12.5. The number of rotatable bonds is 5. The fourth-order valence-electron chi connectivity index (χ4n) is 3.47. The third kappa shape index (κ3) is 4.16. The normalized spacial score (nSPS) is 15.1. The highest BCUT2D eigenvalue weighted by molar-refractivity contribution is 9.10. The van der Waals surface area contributed by atoms with E-state index in [1.807, 2.05) is 18.2 Å². The minimum atomic E-state index is -0.309. The fraction of sp³-hybridized carbons (Fsp3) is 0.368. The van der Waals surface area contributed by atoms with Gasteiger partial charge in [-0.15, -0.1) is 0 Å². The minimum Gasteiger partial charge on any atom is -0.496 e. The quantitative estimate of drug-likeness (QED) is 0.596. The summed E-state index contributed by atoms with van der Waals surface area (Å²) in [4.78, 5) is 14.6. The molecule has 26 heavy (non-hydrogen) atoms. The summed E-state index contributed by atoms with van der Waals surface area (Å²) in [6.07, 6.45) is 0. The van der Waals surface area contributed by atoms with Crippen LogP contribution in [0.5, 0.6) is 5.75 Å². The van der Waals surface area contributed by atoms with Crippen molar-refractivity contribution in [3.8, 4) is 5.75 Å². The summed E-state index contributed by atoms with van der Waals surface area (Å²) in [7, 11) is 1.70. The average molecular weight is 421 g/mol. The second-order valence-corrected chi connectivity index (χ2v) is 7.53. The topological polar surface area (TPSA) is 60.0 Å². The first-order valence-electron chi connectivity index (χ1n) is 8.64. The predicted molar refractivity (Wildman–Crippen MR) is 105 cm³/mol. The molecular formula is C19H23BrN3O3+. The van der Waals surface area contributed by atoms with Gasteiger partial charge in [0.15, 0.2) is 0 Å². The van der Waals surface area contributed by atoms with Crippen molar-refractivity contribution < 1.29 is 14.6 Å². The molecule has 0 unspecified atom stereocenters. The fourth-order valence-corrected chi connectivity index (χ4v) is 3.81. The van der Waals surface area contributed by atoms with Gasteiger partial charge in [0.05, 0.1) is 38.2 Å². The third-order valence-corrected chi connectivity index (χ3v) is 5.31. The van der Waals surface area contributed by atoms with Gasteiger partial charge in [0, 0.05) is 16.1 Å². The van der Waals surface area contributed by atoms with Crippen molar-refractivity contribution in [2.24, 2.45) is 0 Å². The van der Waals surface area contributed by atoms with E-state index in [1.54, 1.807) is 13.2 Å². The van der Waals surface area contributed by atoms with E-state index < -0.39 is 0 Å². The van der Waals surface area contributed by atoms with Crippen LogP contribution in [0, 0.1) is 17.0 Å². The molecule has 1 aliphatic heterocycles. The van der Waals surface area contributed by atoms with Crippen LogP contribution >= 0.6 is 15.9 Å². The maximum absolute atomic E-state index is 11.4. The number of aryl methyl sites for hydroxylation is 1. The Morgan fingerprint density at radius 3 is 2.62 bits per heavy atom. The summed E-state index contributed by atoms with van der Waals surface area (Å²) in [6, 6.07) is 11.5. The van der Waals surface area contributed by atoms with Crippen LogP contribution in [-0.2, 0) is 6.54 Å². The number of anilines is 1. The monoisotopic (exact) mass is 420 g/mol. The highest BCUT2D eigenvalue weighted by Gasteiger charge is 2.26. The summed E-state index contributed by atoms with van der Waals surface area (Å²) >= 11 is 3.32. The van der Waals surface area contributed by atoms with Gasteiger partial charge < -0.3 is 14.5 Å².